The number of hydrogen-bond donors (Lipinski definition) is 1. The van der Waals surface area contributed by atoms with Crippen LogP contribution in [0.1, 0.15) is 31.9 Å². The monoisotopic (exact) mass is 431 g/mol. The van der Waals surface area contributed by atoms with E-state index in [4.69, 9.17) is 9.47 Å². The van der Waals surface area contributed by atoms with Crippen molar-refractivity contribution >= 4 is 28.3 Å². The fourth-order valence-electron chi connectivity index (χ4n) is 2.21. The molecule has 0 saturated carbocycles. The van der Waals surface area contributed by atoms with Gasteiger partial charge in [0, 0.05) is 18.2 Å². The summed E-state index contributed by atoms with van der Waals surface area (Å²) in [4.78, 5) is 0. The molecule has 0 heterocycles. The quantitative estimate of drug-likeness (QED) is 0.598. The van der Waals surface area contributed by atoms with Gasteiger partial charge in [0.05, 0.1) is 11.1 Å². The Balaban J connectivity index is 0.00000312. The van der Waals surface area contributed by atoms with Crippen LogP contribution in [-0.4, -0.2) is 12.6 Å². The molecule has 0 aliphatic carbocycles. The van der Waals surface area contributed by atoms with Crippen molar-refractivity contribution in [3.63, 3.8) is 0 Å². The lowest BCUT2D eigenvalue weighted by Gasteiger charge is -2.16. The number of ether oxygens (including phenoxy) is 2. The van der Waals surface area contributed by atoms with Gasteiger partial charge in [-0.3, -0.25) is 0 Å². The standard InChI is InChI=1S/C19H23BrFNO2.ClH/c1-4-23-18-10-14(11-22-13(2)3)9-16(20)19(18)24-12-15-7-5-6-8-17(15)21;/h5-10,13,22H,4,11-12H2,1-3H3;1H. The summed E-state index contributed by atoms with van der Waals surface area (Å²) >= 11 is 3.54. The van der Waals surface area contributed by atoms with E-state index < -0.39 is 0 Å². The van der Waals surface area contributed by atoms with Crippen LogP contribution in [0.2, 0.25) is 0 Å². The first-order chi connectivity index (χ1) is 11.5. The van der Waals surface area contributed by atoms with Gasteiger partial charge in [-0.05, 0) is 46.6 Å². The number of hydrogen-bond acceptors (Lipinski definition) is 3. The fraction of sp³-hybridized carbons (Fsp3) is 0.368. The van der Waals surface area contributed by atoms with Crippen LogP contribution in [0.25, 0.3) is 0 Å². The molecule has 0 unspecified atom stereocenters. The second kappa shape index (κ2) is 10.6. The molecule has 0 bridgehead atoms. The zero-order chi connectivity index (χ0) is 17.5. The Labute approximate surface area is 163 Å². The average Bonchev–Trinajstić information content (AvgIpc) is 2.54. The van der Waals surface area contributed by atoms with Crippen LogP contribution < -0.4 is 14.8 Å². The maximum Gasteiger partial charge on any atom is 0.175 e. The second-order valence-electron chi connectivity index (χ2n) is 5.75. The fourth-order valence-corrected chi connectivity index (χ4v) is 2.82. The first-order valence-electron chi connectivity index (χ1n) is 8.06. The highest BCUT2D eigenvalue weighted by Gasteiger charge is 2.13. The molecular weight excluding hydrogens is 409 g/mol. The summed E-state index contributed by atoms with van der Waals surface area (Å²) in [6.07, 6.45) is 0. The van der Waals surface area contributed by atoms with Crippen LogP contribution in [0, 0.1) is 5.82 Å². The second-order valence-corrected chi connectivity index (χ2v) is 6.61. The predicted octanol–water partition coefficient (Wildman–Crippen LogP) is 5.49. The third-order valence-corrected chi connectivity index (χ3v) is 4.00. The number of halogens is 3. The zero-order valence-electron chi connectivity index (χ0n) is 14.6. The minimum absolute atomic E-state index is 0. The number of benzene rings is 2. The molecular formula is C19H24BrClFNO2. The highest BCUT2D eigenvalue weighted by molar-refractivity contribution is 9.10. The molecule has 0 aromatic heterocycles. The molecule has 0 radical (unpaired) electrons. The summed E-state index contributed by atoms with van der Waals surface area (Å²) in [6.45, 7) is 7.55. The minimum atomic E-state index is -0.274. The maximum atomic E-state index is 13.8. The van der Waals surface area contributed by atoms with Gasteiger partial charge in [0.1, 0.15) is 12.4 Å². The largest absolute Gasteiger partial charge is 0.490 e. The van der Waals surface area contributed by atoms with E-state index in [1.165, 1.54) is 6.07 Å². The van der Waals surface area contributed by atoms with Gasteiger partial charge in [0.25, 0.3) is 0 Å². The van der Waals surface area contributed by atoms with Crippen molar-refractivity contribution in [1.29, 1.82) is 0 Å². The molecule has 0 atom stereocenters. The molecule has 6 heteroatoms. The van der Waals surface area contributed by atoms with E-state index >= 15 is 0 Å². The maximum absolute atomic E-state index is 13.8. The molecule has 2 aromatic carbocycles. The highest BCUT2D eigenvalue weighted by Crippen LogP contribution is 2.37. The Hall–Kier alpha value is -1.30. The first-order valence-corrected chi connectivity index (χ1v) is 8.85. The van der Waals surface area contributed by atoms with Crippen LogP contribution in [0.4, 0.5) is 4.39 Å². The van der Waals surface area contributed by atoms with Gasteiger partial charge >= 0.3 is 0 Å². The molecule has 0 amide bonds. The normalized spacial score (nSPS) is 10.5. The third kappa shape index (κ3) is 6.49. The smallest absolute Gasteiger partial charge is 0.175 e. The van der Waals surface area contributed by atoms with Crippen molar-refractivity contribution in [2.24, 2.45) is 0 Å². The molecule has 2 aromatic rings. The summed E-state index contributed by atoms with van der Waals surface area (Å²) in [5.74, 6) is 0.974. The van der Waals surface area contributed by atoms with E-state index in [0.29, 0.717) is 29.7 Å². The molecule has 0 aliphatic heterocycles. The number of nitrogens with one attached hydrogen (secondary N) is 1. The van der Waals surface area contributed by atoms with Crippen molar-refractivity contribution in [2.75, 3.05) is 6.61 Å². The molecule has 3 nitrogen and oxygen atoms in total. The Kier molecular flexibility index (Phi) is 9.25. The topological polar surface area (TPSA) is 30.5 Å². The average molecular weight is 433 g/mol. The van der Waals surface area contributed by atoms with Crippen LogP contribution in [0.5, 0.6) is 11.5 Å². The summed E-state index contributed by atoms with van der Waals surface area (Å²) in [7, 11) is 0. The highest BCUT2D eigenvalue weighted by atomic mass is 79.9. The lowest BCUT2D eigenvalue weighted by atomic mass is 10.2. The Morgan fingerprint density at radius 3 is 2.52 bits per heavy atom. The first kappa shape index (κ1) is 21.7. The van der Waals surface area contributed by atoms with Crippen molar-refractivity contribution in [1.82, 2.24) is 5.32 Å². The van der Waals surface area contributed by atoms with Gasteiger partial charge in [0.15, 0.2) is 11.5 Å². The summed E-state index contributed by atoms with van der Waals surface area (Å²) in [5.41, 5.74) is 1.61. The van der Waals surface area contributed by atoms with Crippen molar-refractivity contribution in [3.8, 4) is 11.5 Å². The van der Waals surface area contributed by atoms with Gasteiger partial charge in [0.2, 0.25) is 0 Å². The zero-order valence-corrected chi connectivity index (χ0v) is 17.0. The third-order valence-electron chi connectivity index (χ3n) is 3.41. The van der Waals surface area contributed by atoms with E-state index in [-0.39, 0.29) is 24.8 Å². The molecule has 0 aliphatic rings. The van der Waals surface area contributed by atoms with Gasteiger partial charge in [-0.15, -0.1) is 12.4 Å². The summed E-state index contributed by atoms with van der Waals surface area (Å²) in [6, 6.07) is 11.0. The SMILES string of the molecule is CCOc1cc(CNC(C)C)cc(Br)c1OCc1ccccc1F.Cl. The lowest BCUT2D eigenvalue weighted by Crippen LogP contribution is -2.21. The lowest BCUT2D eigenvalue weighted by molar-refractivity contribution is 0.264. The molecule has 0 saturated heterocycles. The van der Waals surface area contributed by atoms with Crippen LogP contribution in [0.3, 0.4) is 0 Å². The van der Waals surface area contributed by atoms with Crippen LogP contribution >= 0.6 is 28.3 Å². The number of rotatable bonds is 8. The van der Waals surface area contributed by atoms with Crippen molar-refractivity contribution in [2.45, 2.75) is 40.0 Å². The molecule has 0 spiro atoms. The molecule has 0 fully saturated rings. The van der Waals surface area contributed by atoms with Crippen molar-refractivity contribution in [3.05, 3.63) is 57.8 Å². The van der Waals surface area contributed by atoms with Gasteiger partial charge in [-0.2, -0.15) is 0 Å². The van der Waals surface area contributed by atoms with Gasteiger partial charge < -0.3 is 14.8 Å². The molecule has 138 valence electrons. The van der Waals surface area contributed by atoms with E-state index in [2.05, 4.69) is 35.1 Å². The van der Waals surface area contributed by atoms with Crippen molar-refractivity contribution < 1.29 is 13.9 Å². The van der Waals surface area contributed by atoms with E-state index in [1.807, 2.05) is 19.1 Å². The van der Waals surface area contributed by atoms with Crippen LogP contribution in [-0.2, 0) is 13.2 Å². The van der Waals surface area contributed by atoms with Crippen LogP contribution in [0.15, 0.2) is 40.9 Å². The minimum Gasteiger partial charge on any atom is -0.490 e. The predicted molar refractivity (Wildman–Crippen MR) is 105 cm³/mol. The van der Waals surface area contributed by atoms with E-state index in [9.17, 15) is 4.39 Å². The summed E-state index contributed by atoms with van der Waals surface area (Å²) < 4.78 is 26.1. The van der Waals surface area contributed by atoms with E-state index in [1.54, 1.807) is 18.2 Å². The Bertz CT molecular complexity index is 682. The van der Waals surface area contributed by atoms with E-state index in [0.717, 1.165) is 16.6 Å². The van der Waals surface area contributed by atoms with Gasteiger partial charge in [-0.1, -0.05) is 32.0 Å². The molecule has 25 heavy (non-hydrogen) atoms. The Morgan fingerprint density at radius 2 is 1.88 bits per heavy atom. The summed E-state index contributed by atoms with van der Waals surface area (Å²) in [5, 5.41) is 3.38. The molecule has 2 rings (SSSR count). The molecule has 1 N–H and O–H groups in total. The Morgan fingerprint density at radius 1 is 1.16 bits per heavy atom. The van der Waals surface area contributed by atoms with Gasteiger partial charge in [-0.25, -0.2) is 4.39 Å².